The Balaban J connectivity index is 1.44. The summed E-state index contributed by atoms with van der Waals surface area (Å²) in [5, 5.41) is 0. The SMILES string of the molecule is CCCc1cccc2sc(Sc3ccc4c(c3)CC[C@H]3N(C)C(=O)CC[C@]43C)nc12. The number of hydrogen-bond donors (Lipinski definition) is 0. The molecule has 1 fully saturated rings. The van der Waals surface area contributed by atoms with Crippen LogP contribution in [0.2, 0.25) is 0 Å². The Morgan fingerprint density at radius 1 is 1.27 bits per heavy atom. The Bertz CT molecular complexity index is 1120. The largest absolute Gasteiger partial charge is 0.342 e. The van der Waals surface area contributed by atoms with E-state index in [9.17, 15) is 4.79 Å². The molecule has 1 aromatic heterocycles. The van der Waals surface area contributed by atoms with Gasteiger partial charge in [-0.25, -0.2) is 4.98 Å². The number of aromatic nitrogens is 1. The molecule has 0 saturated carbocycles. The first-order chi connectivity index (χ1) is 14.5. The van der Waals surface area contributed by atoms with Crippen molar-refractivity contribution in [3.05, 3.63) is 53.1 Å². The standard InChI is InChI=1S/C25H28N2OS2/c1-4-6-16-7-5-8-20-23(16)26-24(30-20)29-18-10-11-19-17(15-18)9-12-21-25(19,2)14-13-22(28)27(21)3/h5,7-8,10-11,15,21H,4,6,9,12-14H2,1-3H3/t21-,25-/m1/s1. The highest BCUT2D eigenvalue weighted by Gasteiger charge is 2.46. The molecule has 2 atom stereocenters. The van der Waals surface area contributed by atoms with Crippen LogP contribution in [-0.2, 0) is 23.1 Å². The lowest BCUT2D eigenvalue weighted by atomic mass is 9.63. The van der Waals surface area contributed by atoms with Gasteiger partial charge in [0.25, 0.3) is 0 Å². The smallest absolute Gasteiger partial charge is 0.222 e. The molecule has 1 saturated heterocycles. The van der Waals surface area contributed by atoms with E-state index in [-0.39, 0.29) is 5.41 Å². The number of fused-ring (bicyclic) bond motifs is 4. The summed E-state index contributed by atoms with van der Waals surface area (Å²) in [6, 6.07) is 13.8. The highest BCUT2D eigenvalue weighted by atomic mass is 32.2. The number of thiazole rings is 1. The lowest BCUT2D eigenvalue weighted by molar-refractivity contribution is -0.138. The Hall–Kier alpha value is -1.85. The number of likely N-dealkylation sites (N-methyl/N-ethyl adjacent to an activating group) is 1. The molecule has 30 heavy (non-hydrogen) atoms. The first kappa shape index (κ1) is 20.1. The van der Waals surface area contributed by atoms with E-state index in [1.54, 1.807) is 23.1 Å². The van der Waals surface area contributed by atoms with E-state index in [1.807, 2.05) is 11.9 Å². The second-order valence-electron chi connectivity index (χ2n) is 8.89. The zero-order chi connectivity index (χ0) is 20.9. The molecule has 3 nitrogen and oxygen atoms in total. The van der Waals surface area contributed by atoms with Gasteiger partial charge in [0.1, 0.15) is 0 Å². The van der Waals surface area contributed by atoms with E-state index in [4.69, 9.17) is 4.98 Å². The Morgan fingerprint density at radius 2 is 2.13 bits per heavy atom. The molecule has 2 heterocycles. The van der Waals surface area contributed by atoms with E-state index < -0.39 is 0 Å². The Morgan fingerprint density at radius 3 is 2.97 bits per heavy atom. The van der Waals surface area contributed by atoms with Gasteiger partial charge in [-0.3, -0.25) is 4.79 Å². The predicted molar refractivity (Wildman–Crippen MR) is 126 cm³/mol. The predicted octanol–water partition coefficient (Wildman–Crippen LogP) is 6.22. The summed E-state index contributed by atoms with van der Waals surface area (Å²) < 4.78 is 2.41. The van der Waals surface area contributed by atoms with Gasteiger partial charge in [-0.15, -0.1) is 11.3 Å². The minimum Gasteiger partial charge on any atom is -0.342 e. The number of para-hydroxylation sites is 1. The third kappa shape index (κ3) is 3.27. The molecule has 156 valence electrons. The van der Waals surface area contributed by atoms with Crippen LogP contribution in [0.4, 0.5) is 0 Å². The van der Waals surface area contributed by atoms with Gasteiger partial charge in [-0.1, -0.05) is 50.2 Å². The van der Waals surface area contributed by atoms with Crippen LogP contribution in [0.15, 0.2) is 45.6 Å². The van der Waals surface area contributed by atoms with E-state index >= 15 is 0 Å². The minimum atomic E-state index is 0.0738. The van der Waals surface area contributed by atoms with Gasteiger partial charge in [0.2, 0.25) is 5.91 Å². The molecule has 1 aliphatic carbocycles. The molecule has 2 aliphatic rings. The normalized spacial score (nSPS) is 23.5. The first-order valence-corrected chi connectivity index (χ1v) is 12.6. The van der Waals surface area contributed by atoms with Gasteiger partial charge in [-0.2, -0.15) is 0 Å². The molecule has 3 aromatic rings. The van der Waals surface area contributed by atoms with Crippen molar-refractivity contribution in [2.24, 2.45) is 0 Å². The number of likely N-dealkylation sites (tertiary alicyclic amines) is 1. The zero-order valence-corrected chi connectivity index (χ0v) is 19.5. The second-order valence-corrected chi connectivity index (χ2v) is 11.2. The summed E-state index contributed by atoms with van der Waals surface area (Å²) in [6.07, 6.45) is 5.94. The van der Waals surface area contributed by atoms with Crippen LogP contribution in [-0.4, -0.2) is 28.9 Å². The number of carbonyl (C=O) groups is 1. The van der Waals surface area contributed by atoms with Crippen LogP contribution >= 0.6 is 23.1 Å². The maximum absolute atomic E-state index is 12.2. The third-order valence-corrected chi connectivity index (χ3v) is 9.11. The monoisotopic (exact) mass is 436 g/mol. The summed E-state index contributed by atoms with van der Waals surface area (Å²) >= 11 is 3.58. The molecule has 0 bridgehead atoms. The van der Waals surface area contributed by atoms with Gasteiger partial charge < -0.3 is 4.90 Å². The summed E-state index contributed by atoms with van der Waals surface area (Å²) in [7, 11) is 1.99. The van der Waals surface area contributed by atoms with Crippen molar-refractivity contribution in [2.45, 2.75) is 73.1 Å². The number of hydrogen-bond acceptors (Lipinski definition) is 4. The van der Waals surface area contributed by atoms with Crippen molar-refractivity contribution in [2.75, 3.05) is 7.05 Å². The van der Waals surface area contributed by atoms with Crippen molar-refractivity contribution in [3.8, 4) is 0 Å². The minimum absolute atomic E-state index is 0.0738. The molecule has 0 N–H and O–H groups in total. The average Bonchev–Trinajstić information content (AvgIpc) is 3.15. The molecule has 0 spiro atoms. The fraction of sp³-hybridized carbons (Fsp3) is 0.440. The first-order valence-electron chi connectivity index (χ1n) is 10.9. The van der Waals surface area contributed by atoms with Gasteiger partial charge in [-0.05, 0) is 60.6 Å². The number of benzene rings is 2. The topological polar surface area (TPSA) is 33.2 Å². The van der Waals surface area contributed by atoms with Gasteiger partial charge >= 0.3 is 0 Å². The fourth-order valence-electron chi connectivity index (χ4n) is 5.43. The van der Waals surface area contributed by atoms with Crippen molar-refractivity contribution >= 4 is 39.2 Å². The van der Waals surface area contributed by atoms with Crippen LogP contribution in [0, 0.1) is 0 Å². The van der Waals surface area contributed by atoms with Gasteiger partial charge in [0.15, 0.2) is 4.34 Å². The number of carbonyl (C=O) groups excluding carboxylic acids is 1. The van der Waals surface area contributed by atoms with E-state index in [1.165, 1.54) is 31.8 Å². The Kier molecular flexibility index (Phi) is 5.14. The number of rotatable bonds is 4. The third-order valence-electron chi connectivity index (χ3n) is 7.04. The van der Waals surface area contributed by atoms with E-state index in [2.05, 4.69) is 50.2 Å². The molecule has 1 aliphatic heterocycles. The average molecular weight is 437 g/mol. The zero-order valence-electron chi connectivity index (χ0n) is 17.9. The van der Waals surface area contributed by atoms with Crippen LogP contribution in [0.1, 0.15) is 56.2 Å². The number of nitrogens with zero attached hydrogens (tertiary/aromatic N) is 2. The number of piperidine rings is 1. The van der Waals surface area contributed by atoms with Crippen LogP contribution in [0.3, 0.4) is 0 Å². The highest BCUT2D eigenvalue weighted by molar-refractivity contribution is 8.01. The molecular formula is C25H28N2OS2. The molecule has 2 aromatic carbocycles. The van der Waals surface area contributed by atoms with E-state index in [0.717, 1.165) is 36.4 Å². The molecular weight excluding hydrogens is 408 g/mol. The second kappa shape index (κ2) is 7.69. The van der Waals surface area contributed by atoms with Crippen molar-refractivity contribution in [1.29, 1.82) is 0 Å². The summed E-state index contributed by atoms with van der Waals surface area (Å²) in [5.41, 5.74) is 5.50. The van der Waals surface area contributed by atoms with Crippen molar-refractivity contribution < 1.29 is 4.79 Å². The maximum Gasteiger partial charge on any atom is 0.222 e. The highest BCUT2D eigenvalue weighted by Crippen LogP contribution is 2.47. The lowest BCUT2D eigenvalue weighted by Gasteiger charge is -2.50. The van der Waals surface area contributed by atoms with Crippen molar-refractivity contribution in [1.82, 2.24) is 9.88 Å². The molecule has 0 unspecified atom stereocenters. The van der Waals surface area contributed by atoms with Crippen molar-refractivity contribution in [3.63, 3.8) is 0 Å². The summed E-state index contributed by atoms with van der Waals surface area (Å²) in [6.45, 7) is 4.58. The van der Waals surface area contributed by atoms with Crippen LogP contribution in [0.5, 0.6) is 0 Å². The quantitative estimate of drug-likeness (QED) is 0.486. The number of aryl methyl sites for hydroxylation is 2. The van der Waals surface area contributed by atoms with Gasteiger partial charge in [0.05, 0.1) is 10.2 Å². The molecule has 1 amide bonds. The van der Waals surface area contributed by atoms with Gasteiger partial charge in [0, 0.05) is 29.8 Å². The van der Waals surface area contributed by atoms with E-state index in [0.29, 0.717) is 18.4 Å². The summed E-state index contributed by atoms with van der Waals surface area (Å²) in [4.78, 5) is 20.5. The van der Waals surface area contributed by atoms with Crippen LogP contribution < -0.4 is 0 Å². The Labute approximate surface area is 186 Å². The molecule has 5 heteroatoms. The molecule has 5 rings (SSSR count). The molecule has 0 radical (unpaired) electrons. The summed E-state index contributed by atoms with van der Waals surface area (Å²) in [5.74, 6) is 0.298. The fourth-order valence-corrected chi connectivity index (χ4v) is 7.57. The maximum atomic E-state index is 12.2. The lowest BCUT2D eigenvalue weighted by Crippen LogP contribution is -2.56. The van der Waals surface area contributed by atoms with Crippen LogP contribution in [0.25, 0.3) is 10.2 Å². The number of amides is 1.